The van der Waals surface area contributed by atoms with E-state index in [4.69, 9.17) is 11.6 Å². The average molecular weight is 279 g/mol. The molecule has 1 N–H and O–H groups in total. The zero-order chi connectivity index (χ0) is 13.7. The zero-order valence-electron chi connectivity index (χ0n) is 10.9. The third-order valence-electron chi connectivity index (χ3n) is 3.86. The van der Waals surface area contributed by atoms with Crippen LogP contribution in [0.3, 0.4) is 0 Å². The Bertz CT molecular complexity index is 691. The van der Waals surface area contributed by atoms with Crippen molar-refractivity contribution in [3.63, 3.8) is 0 Å². The average Bonchev–Trinajstić information content (AvgIpc) is 2.67. The number of aromatic nitrogens is 1. The zero-order valence-corrected chi connectivity index (χ0v) is 11.7. The molecule has 0 unspecified atom stereocenters. The number of likely N-dealkylation sites (N-methyl/N-ethyl adjacent to an activating group) is 1. The molecule has 0 fully saturated rings. The number of carbonyl (C=O) groups is 1. The molecule has 0 saturated carbocycles. The number of fused-ring (bicyclic) bond motifs is 3. The molecular weight excluding hydrogens is 264 g/mol. The molecule has 0 radical (unpaired) electrons. The van der Waals surface area contributed by atoms with Crippen molar-refractivity contribution in [3.8, 4) is 0 Å². The molecule has 2 heterocycles. The number of rotatable bonds is 1. The van der Waals surface area contributed by atoms with Gasteiger partial charge in [-0.05, 0) is 25.6 Å². The van der Waals surface area contributed by atoms with Gasteiger partial charge in [0.25, 0.3) is 0 Å². The Morgan fingerprint density at radius 1 is 1.37 bits per heavy atom. The first kappa shape index (κ1) is 12.5. The van der Waals surface area contributed by atoms with Crippen molar-refractivity contribution < 1.29 is 9.90 Å². The molecule has 0 bridgehead atoms. The SMILES string of the molecule is Cc1c(Cl)ccc2c(C(=O)O)c3n(c12)CCN(C)C3. The lowest BCUT2D eigenvalue weighted by Crippen LogP contribution is -2.31. The van der Waals surface area contributed by atoms with Gasteiger partial charge in [-0.2, -0.15) is 0 Å². The van der Waals surface area contributed by atoms with Gasteiger partial charge in [-0.3, -0.25) is 4.90 Å². The Morgan fingerprint density at radius 2 is 2.11 bits per heavy atom. The molecule has 4 nitrogen and oxygen atoms in total. The lowest BCUT2D eigenvalue weighted by molar-refractivity contribution is 0.0695. The van der Waals surface area contributed by atoms with Crippen molar-refractivity contribution >= 4 is 28.5 Å². The van der Waals surface area contributed by atoms with Gasteiger partial charge >= 0.3 is 5.97 Å². The minimum absolute atomic E-state index is 0.418. The summed E-state index contributed by atoms with van der Waals surface area (Å²) in [7, 11) is 2.01. The van der Waals surface area contributed by atoms with Crippen LogP contribution < -0.4 is 0 Å². The molecule has 2 aromatic rings. The van der Waals surface area contributed by atoms with Gasteiger partial charge < -0.3 is 9.67 Å². The first-order chi connectivity index (χ1) is 9.00. The maximum absolute atomic E-state index is 11.6. The molecule has 0 amide bonds. The van der Waals surface area contributed by atoms with Gasteiger partial charge in [0, 0.05) is 35.7 Å². The van der Waals surface area contributed by atoms with Crippen LogP contribution in [-0.4, -0.2) is 34.1 Å². The largest absolute Gasteiger partial charge is 0.478 e. The van der Waals surface area contributed by atoms with Crippen LogP contribution in [0.15, 0.2) is 12.1 Å². The van der Waals surface area contributed by atoms with Gasteiger partial charge in [0.1, 0.15) is 0 Å². The number of aromatic carboxylic acids is 1. The molecule has 0 atom stereocenters. The van der Waals surface area contributed by atoms with Crippen molar-refractivity contribution in [1.29, 1.82) is 0 Å². The Balaban J connectivity index is 2.43. The number of nitrogens with zero attached hydrogens (tertiary/aromatic N) is 2. The van der Waals surface area contributed by atoms with Crippen LogP contribution in [-0.2, 0) is 13.1 Å². The van der Waals surface area contributed by atoms with E-state index in [0.717, 1.165) is 35.2 Å². The van der Waals surface area contributed by atoms with Gasteiger partial charge in [-0.1, -0.05) is 17.7 Å². The fraction of sp³-hybridized carbons (Fsp3) is 0.357. The van der Waals surface area contributed by atoms with Gasteiger partial charge in [-0.25, -0.2) is 4.79 Å². The van der Waals surface area contributed by atoms with Crippen molar-refractivity contribution in [3.05, 3.63) is 34.0 Å². The predicted octanol–water partition coefficient (Wildman–Crippen LogP) is 2.75. The molecule has 1 aromatic carbocycles. The third kappa shape index (κ3) is 1.75. The highest BCUT2D eigenvalue weighted by atomic mass is 35.5. The fourth-order valence-electron chi connectivity index (χ4n) is 2.91. The van der Waals surface area contributed by atoms with E-state index in [9.17, 15) is 9.90 Å². The number of carboxylic acid groups (broad SMARTS) is 1. The second-order valence-corrected chi connectivity index (χ2v) is 5.49. The van der Waals surface area contributed by atoms with E-state index in [1.807, 2.05) is 20.0 Å². The first-order valence-corrected chi connectivity index (χ1v) is 6.60. The number of halogens is 1. The monoisotopic (exact) mass is 278 g/mol. The quantitative estimate of drug-likeness (QED) is 0.872. The van der Waals surface area contributed by atoms with Crippen LogP contribution in [0.2, 0.25) is 5.02 Å². The number of aryl methyl sites for hydroxylation is 1. The maximum atomic E-state index is 11.6. The van der Waals surface area contributed by atoms with E-state index in [1.54, 1.807) is 6.07 Å². The molecule has 0 saturated heterocycles. The van der Waals surface area contributed by atoms with E-state index in [1.165, 1.54) is 0 Å². The second-order valence-electron chi connectivity index (χ2n) is 5.08. The van der Waals surface area contributed by atoms with Gasteiger partial charge in [0.15, 0.2) is 0 Å². The fourth-order valence-corrected chi connectivity index (χ4v) is 3.06. The van der Waals surface area contributed by atoms with Crippen molar-refractivity contribution in [2.75, 3.05) is 13.6 Å². The van der Waals surface area contributed by atoms with Crippen LogP contribution in [0.5, 0.6) is 0 Å². The maximum Gasteiger partial charge on any atom is 0.338 e. The first-order valence-electron chi connectivity index (χ1n) is 6.22. The molecule has 1 aliphatic heterocycles. The predicted molar refractivity (Wildman–Crippen MR) is 75.0 cm³/mol. The Kier molecular flexibility index (Phi) is 2.80. The Morgan fingerprint density at radius 3 is 2.79 bits per heavy atom. The van der Waals surface area contributed by atoms with Crippen molar-refractivity contribution in [2.24, 2.45) is 0 Å². The molecule has 0 aliphatic carbocycles. The minimum atomic E-state index is -0.865. The number of benzene rings is 1. The summed E-state index contributed by atoms with van der Waals surface area (Å²) >= 11 is 6.18. The van der Waals surface area contributed by atoms with E-state index in [2.05, 4.69) is 9.47 Å². The second kappa shape index (κ2) is 4.25. The lowest BCUT2D eigenvalue weighted by atomic mass is 10.1. The number of hydrogen-bond donors (Lipinski definition) is 1. The van der Waals surface area contributed by atoms with Crippen LogP contribution >= 0.6 is 11.6 Å². The Hall–Kier alpha value is -1.52. The summed E-state index contributed by atoms with van der Waals surface area (Å²) in [5.41, 5.74) is 3.22. The number of hydrogen-bond acceptors (Lipinski definition) is 2. The van der Waals surface area contributed by atoms with Crippen LogP contribution in [0.25, 0.3) is 10.9 Å². The third-order valence-corrected chi connectivity index (χ3v) is 4.27. The normalized spacial score (nSPS) is 15.7. The van der Waals surface area contributed by atoms with Crippen molar-refractivity contribution in [2.45, 2.75) is 20.0 Å². The highest BCUT2D eigenvalue weighted by molar-refractivity contribution is 6.32. The Labute approximate surface area is 116 Å². The van der Waals surface area contributed by atoms with E-state index >= 15 is 0 Å². The summed E-state index contributed by atoms with van der Waals surface area (Å²) in [4.78, 5) is 13.7. The smallest absolute Gasteiger partial charge is 0.338 e. The summed E-state index contributed by atoms with van der Waals surface area (Å²) in [6, 6.07) is 3.60. The summed E-state index contributed by atoms with van der Waals surface area (Å²) in [5.74, 6) is -0.865. The summed E-state index contributed by atoms with van der Waals surface area (Å²) < 4.78 is 2.11. The molecule has 1 aromatic heterocycles. The molecular formula is C14H15ClN2O2. The standard InChI is InChI=1S/C14H15ClN2O2/c1-8-10(15)4-3-9-12(14(18)19)11-7-16(2)5-6-17(11)13(8)9/h3-4H,5-7H2,1-2H3,(H,18,19). The summed E-state index contributed by atoms with van der Waals surface area (Å²) in [6.07, 6.45) is 0. The van der Waals surface area contributed by atoms with Gasteiger partial charge in [-0.15, -0.1) is 0 Å². The molecule has 5 heteroatoms. The summed E-state index contributed by atoms with van der Waals surface area (Å²) in [5, 5.41) is 11.0. The van der Waals surface area contributed by atoms with E-state index in [0.29, 0.717) is 17.1 Å². The van der Waals surface area contributed by atoms with Crippen LogP contribution in [0.4, 0.5) is 0 Å². The van der Waals surface area contributed by atoms with Gasteiger partial charge in [0.2, 0.25) is 0 Å². The molecule has 19 heavy (non-hydrogen) atoms. The van der Waals surface area contributed by atoms with Crippen LogP contribution in [0, 0.1) is 6.92 Å². The van der Waals surface area contributed by atoms with E-state index < -0.39 is 5.97 Å². The highest BCUT2D eigenvalue weighted by Crippen LogP contribution is 2.34. The van der Waals surface area contributed by atoms with Gasteiger partial charge in [0.05, 0.1) is 11.1 Å². The molecule has 3 rings (SSSR count). The minimum Gasteiger partial charge on any atom is -0.478 e. The molecule has 0 spiro atoms. The van der Waals surface area contributed by atoms with E-state index in [-0.39, 0.29) is 0 Å². The lowest BCUT2D eigenvalue weighted by Gasteiger charge is -2.25. The summed E-state index contributed by atoms with van der Waals surface area (Å²) in [6.45, 7) is 4.33. The number of carboxylic acids is 1. The van der Waals surface area contributed by atoms with Crippen LogP contribution in [0.1, 0.15) is 21.6 Å². The molecule has 1 aliphatic rings. The highest BCUT2D eigenvalue weighted by Gasteiger charge is 2.26. The molecule has 100 valence electrons. The van der Waals surface area contributed by atoms with Crippen molar-refractivity contribution in [1.82, 2.24) is 9.47 Å². The topological polar surface area (TPSA) is 45.5 Å².